The summed E-state index contributed by atoms with van der Waals surface area (Å²) >= 11 is 6.13. The molecule has 0 saturated carbocycles. The highest BCUT2D eigenvalue weighted by Gasteiger charge is 2.29. The summed E-state index contributed by atoms with van der Waals surface area (Å²) in [7, 11) is 0. The van der Waals surface area contributed by atoms with Crippen LogP contribution in [0.2, 0.25) is 5.02 Å². The second-order valence-corrected chi connectivity index (χ2v) is 7.29. The molecule has 1 aliphatic heterocycles. The third kappa shape index (κ3) is 4.82. The normalized spacial score (nSPS) is 19.1. The molecule has 0 aliphatic carbocycles. The summed E-state index contributed by atoms with van der Waals surface area (Å²) in [5.41, 5.74) is 0.473. The lowest BCUT2D eigenvalue weighted by atomic mass is 10.1. The first-order valence-electron chi connectivity index (χ1n) is 7.81. The maximum Gasteiger partial charge on any atom is 0.248 e. The predicted molar refractivity (Wildman–Crippen MR) is 90.5 cm³/mol. The minimum atomic E-state index is -0.347. The molecule has 1 saturated heterocycles. The monoisotopic (exact) mass is 342 g/mol. The molecule has 1 amide bonds. The summed E-state index contributed by atoms with van der Waals surface area (Å²) in [5, 5.41) is 0.396. The van der Waals surface area contributed by atoms with E-state index in [0.29, 0.717) is 24.7 Å². The van der Waals surface area contributed by atoms with E-state index in [9.17, 15) is 9.18 Å². The van der Waals surface area contributed by atoms with Crippen LogP contribution in [0.3, 0.4) is 0 Å². The molecule has 1 unspecified atom stereocenters. The van der Waals surface area contributed by atoms with Gasteiger partial charge < -0.3 is 14.5 Å². The van der Waals surface area contributed by atoms with Crippen LogP contribution in [0.25, 0.3) is 0 Å². The Bertz CT molecular complexity index is 574. The van der Waals surface area contributed by atoms with E-state index in [-0.39, 0.29) is 30.0 Å². The van der Waals surface area contributed by atoms with E-state index in [0.717, 1.165) is 5.69 Å². The van der Waals surface area contributed by atoms with Gasteiger partial charge in [-0.15, -0.1) is 0 Å². The molecule has 1 aromatic carbocycles. The van der Waals surface area contributed by atoms with Crippen LogP contribution < -0.4 is 4.90 Å². The molecule has 1 aromatic rings. The van der Waals surface area contributed by atoms with Gasteiger partial charge in [-0.2, -0.15) is 0 Å². The average Bonchev–Trinajstić information content (AvgIpc) is 2.44. The standard InChI is InChI=1S/C17H24ClFN2O2/c1-12-10-20(15-6-5-13(19)9-14(15)18)7-8-21(12)16(22)11-23-17(2,3)4/h5-6,9,12H,7-8,10-11H2,1-4H3. The van der Waals surface area contributed by atoms with Crippen molar-refractivity contribution in [3.63, 3.8) is 0 Å². The Morgan fingerprint density at radius 3 is 2.65 bits per heavy atom. The second-order valence-electron chi connectivity index (χ2n) is 6.88. The number of hydrogen-bond acceptors (Lipinski definition) is 3. The number of carbonyl (C=O) groups excluding carboxylic acids is 1. The summed E-state index contributed by atoms with van der Waals surface area (Å²) in [6.07, 6.45) is 0. The molecule has 6 heteroatoms. The zero-order chi connectivity index (χ0) is 17.2. The molecule has 0 bridgehead atoms. The smallest absolute Gasteiger partial charge is 0.248 e. The zero-order valence-corrected chi connectivity index (χ0v) is 14.9. The Morgan fingerprint density at radius 2 is 2.09 bits per heavy atom. The molecule has 1 heterocycles. The van der Waals surface area contributed by atoms with Gasteiger partial charge in [-0.1, -0.05) is 11.6 Å². The van der Waals surface area contributed by atoms with E-state index >= 15 is 0 Å². The molecule has 2 rings (SSSR count). The van der Waals surface area contributed by atoms with Gasteiger partial charge in [0.1, 0.15) is 12.4 Å². The molecule has 0 N–H and O–H groups in total. The van der Waals surface area contributed by atoms with Gasteiger partial charge in [0.05, 0.1) is 16.3 Å². The van der Waals surface area contributed by atoms with Crippen LogP contribution in [-0.2, 0) is 9.53 Å². The van der Waals surface area contributed by atoms with E-state index in [2.05, 4.69) is 4.90 Å². The summed E-state index contributed by atoms with van der Waals surface area (Å²) in [6, 6.07) is 4.45. The molecular formula is C17H24ClFN2O2. The third-order valence-corrected chi connectivity index (χ3v) is 4.13. The number of rotatable bonds is 3. The van der Waals surface area contributed by atoms with Gasteiger partial charge in [-0.05, 0) is 45.9 Å². The highest BCUT2D eigenvalue weighted by molar-refractivity contribution is 6.33. The van der Waals surface area contributed by atoms with Crippen LogP contribution in [0, 0.1) is 5.82 Å². The van der Waals surface area contributed by atoms with E-state index in [1.165, 1.54) is 12.1 Å². The molecule has 4 nitrogen and oxygen atoms in total. The van der Waals surface area contributed by atoms with Crippen LogP contribution in [0.15, 0.2) is 18.2 Å². The summed E-state index contributed by atoms with van der Waals surface area (Å²) in [6.45, 7) is 9.79. The number of carbonyl (C=O) groups is 1. The van der Waals surface area contributed by atoms with Crippen LogP contribution in [0.1, 0.15) is 27.7 Å². The fourth-order valence-electron chi connectivity index (χ4n) is 2.65. The maximum atomic E-state index is 13.2. The fraction of sp³-hybridized carbons (Fsp3) is 0.588. The van der Waals surface area contributed by atoms with Gasteiger partial charge in [0.25, 0.3) is 0 Å². The SMILES string of the molecule is CC1CN(c2ccc(F)cc2Cl)CCN1C(=O)COC(C)(C)C. The van der Waals surface area contributed by atoms with E-state index in [1.54, 1.807) is 6.07 Å². The summed E-state index contributed by atoms with van der Waals surface area (Å²) in [4.78, 5) is 16.2. The molecule has 1 fully saturated rings. The van der Waals surface area contributed by atoms with Crippen molar-refractivity contribution in [2.75, 3.05) is 31.1 Å². The van der Waals surface area contributed by atoms with Crippen molar-refractivity contribution in [3.8, 4) is 0 Å². The number of nitrogens with zero attached hydrogens (tertiary/aromatic N) is 2. The zero-order valence-electron chi connectivity index (χ0n) is 14.1. The number of ether oxygens (including phenoxy) is 1. The molecule has 1 atom stereocenters. The van der Waals surface area contributed by atoms with Crippen LogP contribution in [0.5, 0.6) is 0 Å². The van der Waals surface area contributed by atoms with Crippen molar-refractivity contribution in [2.24, 2.45) is 0 Å². The quantitative estimate of drug-likeness (QED) is 0.844. The summed E-state index contributed by atoms with van der Waals surface area (Å²) < 4.78 is 18.7. The highest BCUT2D eigenvalue weighted by Crippen LogP contribution is 2.28. The molecule has 1 aliphatic rings. The highest BCUT2D eigenvalue weighted by atomic mass is 35.5. The number of piperazine rings is 1. The molecule has 0 radical (unpaired) electrons. The molecule has 23 heavy (non-hydrogen) atoms. The first-order valence-corrected chi connectivity index (χ1v) is 8.18. The topological polar surface area (TPSA) is 32.8 Å². The minimum absolute atomic E-state index is 0.00252. The predicted octanol–water partition coefficient (Wildman–Crippen LogP) is 3.33. The van der Waals surface area contributed by atoms with Crippen LogP contribution in [-0.4, -0.2) is 48.7 Å². The Kier molecular flexibility index (Phi) is 5.53. The first kappa shape index (κ1) is 18.0. The van der Waals surface area contributed by atoms with E-state index in [1.807, 2.05) is 32.6 Å². The summed E-state index contributed by atoms with van der Waals surface area (Å²) in [5.74, 6) is -0.350. The second kappa shape index (κ2) is 7.05. The lowest BCUT2D eigenvalue weighted by Gasteiger charge is -2.41. The van der Waals surface area contributed by atoms with Crippen LogP contribution in [0.4, 0.5) is 10.1 Å². The van der Waals surface area contributed by atoms with Crippen molar-refractivity contribution in [1.82, 2.24) is 4.90 Å². The Hall–Kier alpha value is -1.33. The number of halogens is 2. The van der Waals surface area contributed by atoms with Crippen molar-refractivity contribution in [1.29, 1.82) is 0 Å². The van der Waals surface area contributed by atoms with Gasteiger partial charge in [0.2, 0.25) is 5.91 Å². The first-order chi connectivity index (χ1) is 10.7. The Morgan fingerprint density at radius 1 is 1.39 bits per heavy atom. The van der Waals surface area contributed by atoms with Crippen molar-refractivity contribution in [3.05, 3.63) is 29.0 Å². The van der Waals surface area contributed by atoms with Crippen LogP contribution >= 0.6 is 11.6 Å². The van der Waals surface area contributed by atoms with Gasteiger partial charge >= 0.3 is 0 Å². The average molecular weight is 343 g/mol. The maximum absolute atomic E-state index is 13.2. The Labute approximate surface area is 142 Å². The number of anilines is 1. The van der Waals surface area contributed by atoms with E-state index in [4.69, 9.17) is 16.3 Å². The van der Waals surface area contributed by atoms with Crippen molar-refractivity contribution < 1.29 is 13.9 Å². The van der Waals surface area contributed by atoms with Crippen molar-refractivity contribution >= 4 is 23.2 Å². The molecular weight excluding hydrogens is 319 g/mol. The van der Waals surface area contributed by atoms with Gasteiger partial charge in [-0.25, -0.2) is 4.39 Å². The largest absolute Gasteiger partial charge is 0.366 e. The third-order valence-electron chi connectivity index (χ3n) is 3.83. The van der Waals surface area contributed by atoms with Gasteiger partial charge in [0.15, 0.2) is 0 Å². The van der Waals surface area contributed by atoms with E-state index < -0.39 is 0 Å². The number of benzene rings is 1. The molecule has 0 aromatic heterocycles. The lowest BCUT2D eigenvalue weighted by molar-refractivity contribution is -0.143. The Balaban J connectivity index is 1.98. The van der Waals surface area contributed by atoms with Gasteiger partial charge in [-0.3, -0.25) is 4.79 Å². The minimum Gasteiger partial charge on any atom is -0.366 e. The molecule has 0 spiro atoms. The lowest BCUT2D eigenvalue weighted by Crippen LogP contribution is -2.55. The number of amides is 1. The molecule has 128 valence electrons. The van der Waals surface area contributed by atoms with Gasteiger partial charge in [0, 0.05) is 25.7 Å². The fourth-order valence-corrected chi connectivity index (χ4v) is 2.93. The number of hydrogen-bond donors (Lipinski definition) is 0. The van der Waals surface area contributed by atoms with Crippen molar-refractivity contribution in [2.45, 2.75) is 39.3 Å².